The van der Waals surface area contributed by atoms with Crippen LogP contribution in [0.1, 0.15) is 38.1 Å². The van der Waals surface area contributed by atoms with Crippen LogP contribution in [0.2, 0.25) is 0 Å². The summed E-state index contributed by atoms with van der Waals surface area (Å²) in [6.45, 7) is 9.04. The molecule has 2 amide bonds. The van der Waals surface area contributed by atoms with Crippen molar-refractivity contribution in [2.75, 3.05) is 26.8 Å². The maximum absolute atomic E-state index is 12.2. The number of amides is 2. The first-order valence-corrected chi connectivity index (χ1v) is 8.49. The van der Waals surface area contributed by atoms with E-state index in [-0.39, 0.29) is 30.5 Å². The number of methoxy groups -OCH3 is 1. The Balaban J connectivity index is 2.67. The maximum Gasteiger partial charge on any atom is 0.258 e. The quantitative estimate of drug-likeness (QED) is 0.592. The molecular formula is C18H29N3O4. The summed E-state index contributed by atoms with van der Waals surface area (Å²) in [6.07, 6.45) is 0. The highest BCUT2D eigenvalue weighted by molar-refractivity contribution is 5.94. The molecule has 0 fully saturated rings. The van der Waals surface area contributed by atoms with Crippen molar-refractivity contribution in [2.45, 2.75) is 39.8 Å². The minimum Gasteiger partial charge on any atom is -0.493 e. The van der Waals surface area contributed by atoms with Gasteiger partial charge in [-0.3, -0.25) is 9.59 Å². The summed E-state index contributed by atoms with van der Waals surface area (Å²) in [5.74, 6) is 0.423. The van der Waals surface area contributed by atoms with E-state index in [1.54, 1.807) is 18.2 Å². The second kappa shape index (κ2) is 10.6. The van der Waals surface area contributed by atoms with E-state index in [2.05, 4.69) is 16.0 Å². The van der Waals surface area contributed by atoms with Gasteiger partial charge in [0.05, 0.1) is 7.11 Å². The zero-order valence-electron chi connectivity index (χ0n) is 15.6. The van der Waals surface area contributed by atoms with Crippen LogP contribution in [0.5, 0.6) is 11.5 Å². The molecule has 0 unspecified atom stereocenters. The van der Waals surface area contributed by atoms with Crippen LogP contribution < -0.4 is 25.4 Å². The number of nitrogens with one attached hydrogen (secondary N) is 3. The van der Waals surface area contributed by atoms with Gasteiger partial charge in [-0.15, -0.1) is 0 Å². The van der Waals surface area contributed by atoms with Crippen LogP contribution >= 0.6 is 0 Å². The second-order valence-electron chi connectivity index (χ2n) is 6.05. The van der Waals surface area contributed by atoms with Gasteiger partial charge in [-0.1, -0.05) is 6.92 Å². The highest BCUT2D eigenvalue weighted by Crippen LogP contribution is 2.28. The average Bonchev–Trinajstić information content (AvgIpc) is 2.57. The van der Waals surface area contributed by atoms with E-state index in [1.807, 2.05) is 27.7 Å². The molecule has 0 heterocycles. The molecule has 7 nitrogen and oxygen atoms in total. The lowest BCUT2D eigenvalue weighted by Gasteiger charge is -2.15. The van der Waals surface area contributed by atoms with E-state index in [0.29, 0.717) is 23.6 Å². The van der Waals surface area contributed by atoms with Crippen molar-refractivity contribution in [1.29, 1.82) is 0 Å². The fraction of sp³-hybridized carbons (Fsp3) is 0.556. The van der Waals surface area contributed by atoms with E-state index >= 15 is 0 Å². The summed E-state index contributed by atoms with van der Waals surface area (Å²) in [4.78, 5) is 23.9. The predicted molar refractivity (Wildman–Crippen MR) is 97.2 cm³/mol. The molecule has 140 valence electrons. The highest BCUT2D eigenvalue weighted by Gasteiger charge is 2.13. The van der Waals surface area contributed by atoms with Crippen LogP contribution in [-0.2, 0) is 4.79 Å². The van der Waals surface area contributed by atoms with Gasteiger partial charge in [0, 0.05) is 24.2 Å². The zero-order valence-corrected chi connectivity index (χ0v) is 15.6. The molecular weight excluding hydrogens is 322 g/mol. The van der Waals surface area contributed by atoms with Crippen molar-refractivity contribution in [3.8, 4) is 11.5 Å². The van der Waals surface area contributed by atoms with Gasteiger partial charge in [0.2, 0.25) is 0 Å². The predicted octanol–water partition coefficient (Wildman–Crippen LogP) is 1.33. The number of ether oxygens (including phenoxy) is 2. The zero-order chi connectivity index (χ0) is 18.8. The summed E-state index contributed by atoms with van der Waals surface area (Å²) in [5, 5.41) is 8.83. The van der Waals surface area contributed by atoms with E-state index in [9.17, 15) is 9.59 Å². The lowest BCUT2D eigenvalue weighted by atomic mass is 10.2. The Morgan fingerprint density at radius 1 is 1.16 bits per heavy atom. The number of hydrogen-bond donors (Lipinski definition) is 3. The number of hydrogen-bond acceptors (Lipinski definition) is 5. The fourth-order valence-corrected chi connectivity index (χ4v) is 2.20. The van der Waals surface area contributed by atoms with Crippen LogP contribution in [-0.4, -0.2) is 50.7 Å². The van der Waals surface area contributed by atoms with Crippen molar-refractivity contribution >= 4 is 11.8 Å². The SMILES string of the molecule is CCN[C@H](C)CNC(=O)c1ccc(OCC(=O)NC(C)C)c(OC)c1. The van der Waals surface area contributed by atoms with Gasteiger partial charge in [0.15, 0.2) is 18.1 Å². The number of carbonyl (C=O) groups excluding carboxylic acids is 2. The van der Waals surface area contributed by atoms with Gasteiger partial charge in [-0.25, -0.2) is 0 Å². The van der Waals surface area contributed by atoms with Crippen LogP contribution in [0, 0.1) is 0 Å². The molecule has 1 atom stereocenters. The normalized spacial score (nSPS) is 11.8. The van der Waals surface area contributed by atoms with E-state index < -0.39 is 0 Å². The van der Waals surface area contributed by atoms with Gasteiger partial charge in [-0.05, 0) is 45.5 Å². The standard InChI is InChI=1S/C18H29N3O4/c1-6-19-13(4)10-20-18(23)14-7-8-15(16(9-14)24-5)25-11-17(22)21-12(2)3/h7-9,12-13,19H,6,10-11H2,1-5H3,(H,20,23)(H,21,22)/t13-/m1/s1. The number of carbonyl (C=O) groups is 2. The molecule has 25 heavy (non-hydrogen) atoms. The lowest BCUT2D eigenvalue weighted by molar-refractivity contribution is -0.123. The Morgan fingerprint density at radius 2 is 1.88 bits per heavy atom. The third-order valence-electron chi connectivity index (χ3n) is 3.36. The molecule has 1 rings (SSSR count). The minimum atomic E-state index is -0.212. The second-order valence-corrected chi connectivity index (χ2v) is 6.05. The summed E-state index contributed by atoms with van der Waals surface area (Å²) >= 11 is 0. The van der Waals surface area contributed by atoms with Crippen LogP contribution in [0.15, 0.2) is 18.2 Å². The molecule has 0 saturated carbocycles. The summed E-state index contributed by atoms with van der Waals surface area (Å²) in [5.41, 5.74) is 0.472. The van der Waals surface area contributed by atoms with Crippen LogP contribution in [0.25, 0.3) is 0 Å². The first-order valence-electron chi connectivity index (χ1n) is 8.49. The van der Waals surface area contributed by atoms with E-state index in [4.69, 9.17) is 9.47 Å². The number of rotatable bonds is 10. The molecule has 0 aliphatic carbocycles. The molecule has 3 N–H and O–H groups in total. The molecule has 0 aromatic heterocycles. The number of benzene rings is 1. The molecule has 1 aromatic carbocycles. The molecule has 7 heteroatoms. The summed E-state index contributed by atoms with van der Waals surface area (Å²) < 4.78 is 10.7. The third-order valence-corrected chi connectivity index (χ3v) is 3.36. The topological polar surface area (TPSA) is 88.7 Å². The van der Waals surface area contributed by atoms with Crippen molar-refractivity contribution in [3.63, 3.8) is 0 Å². The molecule has 0 aliphatic heterocycles. The third kappa shape index (κ3) is 7.43. The minimum absolute atomic E-state index is 0.0497. The molecule has 1 aromatic rings. The molecule has 0 radical (unpaired) electrons. The molecule has 0 aliphatic rings. The summed E-state index contributed by atoms with van der Waals surface area (Å²) in [6, 6.07) is 5.12. The molecule has 0 saturated heterocycles. The van der Waals surface area contributed by atoms with Gasteiger partial charge in [-0.2, -0.15) is 0 Å². The Morgan fingerprint density at radius 3 is 2.48 bits per heavy atom. The highest BCUT2D eigenvalue weighted by atomic mass is 16.5. The molecule has 0 bridgehead atoms. The largest absolute Gasteiger partial charge is 0.493 e. The van der Waals surface area contributed by atoms with Crippen molar-refractivity contribution in [1.82, 2.24) is 16.0 Å². The average molecular weight is 351 g/mol. The lowest BCUT2D eigenvalue weighted by Crippen LogP contribution is -2.38. The first-order chi connectivity index (χ1) is 11.9. The fourth-order valence-electron chi connectivity index (χ4n) is 2.20. The Kier molecular flexibility index (Phi) is 8.77. The van der Waals surface area contributed by atoms with E-state index in [1.165, 1.54) is 7.11 Å². The monoisotopic (exact) mass is 351 g/mol. The van der Waals surface area contributed by atoms with Crippen molar-refractivity contribution in [2.24, 2.45) is 0 Å². The smallest absolute Gasteiger partial charge is 0.258 e. The van der Waals surface area contributed by atoms with Crippen molar-refractivity contribution < 1.29 is 19.1 Å². The molecule has 0 spiro atoms. The Hall–Kier alpha value is -2.28. The van der Waals surface area contributed by atoms with Crippen molar-refractivity contribution in [3.05, 3.63) is 23.8 Å². The van der Waals surface area contributed by atoms with Crippen LogP contribution in [0.4, 0.5) is 0 Å². The van der Waals surface area contributed by atoms with Gasteiger partial charge >= 0.3 is 0 Å². The number of likely N-dealkylation sites (N-methyl/N-ethyl adjacent to an activating group) is 1. The van der Waals surface area contributed by atoms with Gasteiger partial charge < -0.3 is 25.4 Å². The Labute approximate surface area is 149 Å². The maximum atomic E-state index is 12.2. The summed E-state index contributed by atoms with van der Waals surface area (Å²) in [7, 11) is 1.49. The van der Waals surface area contributed by atoms with Gasteiger partial charge in [0.1, 0.15) is 0 Å². The Bertz CT molecular complexity index is 575. The first kappa shape index (κ1) is 20.8. The van der Waals surface area contributed by atoms with Gasteiger partial charge in [0.25, 0.3) is 11.8 Å². The van der Waals surface area contributed by atoms with Crippen LogP contribution in [0.3, 0.4) is 0 Å². The van der Waals surface area contributed by atoms with E-state index in [0.717, 1.165) is 6.54 Å².